The third-order valence-electron chi connectivity index (χ3n) is 1.21. The molecule has 1 aromatic heterocycles. The van der Waals surface area contributed by atoms with E-state index in [0.717, 1.165) is 0 Å². The fourth-order valence-electron chi connectivity index (χ4n) is 0.702. The molecule has 0 radical (unpaired) electrons. The van der Waals surface area contributed by atoms with Crippen molar-refractivity contribution in [2.24, 2.45) is 0 Å². The third-order valence-corrected chi connectivity index (χ3v) is 1.21. The number of hydrogen-bond acceptors (Lipinski definition) is 4. The first-order chi connectivity index (χ1) is 5.93. The van der Waals surface area contributed by atoms with Gasteiger partial charge in [-0.1, -0.05) is 6.07 Å². The lowest BCUT2D eigenvalue weighted by Crippen LogP contribution is -2.07. The number of nitrogens with zero attached hydrogens (tertiary/aromatic N) is 1. The van der Waals surface area contributed by atoms with Crippen LogP contribution in [0.1, 0.15) is 0 Å². The molecule has 4 nitrogen and oxygen atoms in total. The highest BCUT2D eigenvalue weighted by atomic mass is 16.6. The van der Waals surface area contributed by atoms with Crippen molar-refractivity contribution in [3.63, 3.8) is 0 Å². The quantitative estimate of drug-likeness (QED) is 0.513. The lowest BCUT2D eigenvalue weighted by Gasteiger charge is -2.03. The van der Waals surface area contributed by atoms with E-state index in [0.29, 0.717) is 19.1 Å². The minimum atomic E-state index is -0.272. The van der Waals surface area contributed by atoms with Crippen LogP contribution in [-0.4, -0.2) is 30.1 Å². The molecule has 0 aliphatic heterocycles. The van der Waals surface area contributed by atoms with Gasteiger partial charge in [0.25, 0.3) is 0 Å². The molecule has 1 heterocycles. The standard InChI is InChI=1S/C8H11NO3/c10-7-11-5-6-12-8-3-1-2-4-9-8/h1-4,10H,5-7H2. The summed E-state index contributed by atoms with van der Waals surface area (Å²) in [5.74, 6) is 0.569. The summed E-state index contributed by atoms with van der Waals surface area (Å²) in [7, 11) is 0. The van der Waals surface area contributed by atoms with Crippen molar-refractivity contribution in [2.45, 2.75) is 0 Å². The van der Waals surface area contributed by atoms with Gasteiger partial charge in [0.15, 0.2) is 0 Å². The van der Waals surface area contributed by atoms with Gasteiger partial charge in [-0.05, 0) is 6.07 Å². The van der Waals surface area contributed by atoms with E-state index in [1.54, 1.807) is 12.3 Å². The molecule has 66 valence electrons. The van der Waals surface area contributed by atoms with Crippen LogP contribution in [0.4, 0.5) is 0 Å². The van der Waals surface area contributed by atoms with E-state index in [1.165, 1.54) is 0 Å². The van der Waals surface area contributed by atoms with Crippen molar-refractivity contribution in [2.75, 3.05) is 20.0 Å². The fraction of sp³-hybridized carbons (Fsp3) is 0.375. The summed E-state index contributed by atoms with van der Waals surface area (Å²) >= 11 is 0. The van der Waals surface area contributed by atoms with E-state index in [9.17, 15) is 0 Å². The van der Waals surface area contributed by atoms with E-state index in [-0.39, 0.29) is 6.79 Å². The minimum Gasteiger partial charge on any atom is -0.475 e. The Hall–Kier alpha value is -1.13. The molecule has 1 rings (SSSR count). The Morgan fingerprint density at radius 3 is 2.92 bits per heavy atom. The third kappa shape index (κ3) is 3.32. The van der Waals surface area contributed by atoms with Crippen LogP contribution in [0.5, 0.6) is 5.88 Å². The highest BCUT2D eigenvalue weighted by Gasteiger charge is 1.91. The summed E-state index contributed by atoms with van der Waals surface area (Å²) < 4.78 is 9.82. The van der Waals surface area contributed by atoms with Crippen LogP contribution < -0.4 is 4.74 Å². The Bertz CT molecular complexity index is 203. The molecule has 12 heavy (non-hydrogen) atoms. The molecule has 4 heteroatoms. The van der Waals surface area contributed by atoms with Crippen LogP contribution in [0, 0.1) is 0 Å². The first kappa shape index (κ1) is 8.96. The molecule has 1 aromatic rings. The zero-order valence-corrected chi connectivity index (χ0v) is 6.64. The minimum absolute atomic E-state index is 0.272. The summed E-state index contributed by atoms with van der Waals surface area (Å²) in [6.07, 6.45) is 1.65. The first-order valence-corrected chi connectivity index (χ1v) is 3.66. The molecule has 0 atom stereocenters. The zero-order valence-electron chi connectivity index (χ0n) is 6.64. The SMILES string of the molecule is OCOCCOc1ccccn1. The van der Waals surface area contributed by atoms with Crippen LogP contribution in [-0.2, 0) is 4.74 Å². The number of aromatic nitrogens is 1. The van der Waals surface area contributed by atoms with Gasteiger partial charge < -0.3 is 14.6 Å². The van der Waals surface area contributed by atoms with Crippen molar-refractivity contribution in [3.05, 3.63) is 24.4 Å². The second-order valence-corrected chi connectivity index (χ2v) is 2.05. The number of aliphatic hydroxyl groups excluding tert-OH is 1. The van der Waals surface area contributed by atoms with Gasteiger partial charge in [-0.3, -0.25) is 0 Å². The Balaban J connectivity index is 2.16. The second-order valence-electron chi connectivity index (χ2n) is 2.05. The smallest absolute Gasteiger partial charge is 0.213 e. The van der Waals surface area contributed by atoms with E-state index >= 15 is 0 Å². The van der Waals surface area contributed by atoms with Crippen molar-refractivity contribution in [1.82, 2.24) is 4.98 Å². The molecule has 0 aliphatic rings. The molecule has 0 fully saturated rings. The molecule has 1 N–H and O–H groups in total. The molecule has 0 unspecified atom stereocenters. The van der Waals surface area contributed by atoms with Crippen molar-refractivity contribution in [3.8, 4) is 5.88 Å². The number of rotatable bonds is 5. The van der Waals surface area contributed by atoms with Gasteiger partial charge in [-0.15, -0.1) is 0 Å². The van der Waals surface area contributed by atoms with E-state index < -0.39 is 0 Å². The zero-order chi connectivity index (χ0) is 8.65. The van der Waals surface area contributed by atoms with Crippen molar-refractivity contribution >= 4 is 0 Å². The normalized spacial score (nSPS) is 9.75. The summed E-state index contributed by atoms with van der Waals surface area (Å²) in [6.45, 7) is 0.496. The molecular weight excluding hydrogens is 158 g/mol. The number of hydrogen-bond donors (Lipinski definition) is 1. The number of pyridine rings is 1. The maximum absolute atomic E-state index is 8.27. The van der Waals surface area contributed by atoms with Crippen LogP contribution in [0.15, 0.2) is 24.4 Å². The molecular formula is C8H11NO3. The van der Waals surface area contributed by atoms with Gasteiger partial charge in [-0.25, -0.2) is 4.98 Å². The lowest BCUT2D eigenvalue weighted by molar-refractivity contribution is -0.0130. The average Bonchev–Trinajstić information content (AvgIpc) is 2.14. The van der Waals surface area contributed by atoms with Crippen molar-refractivity contribution < 1.29 is 14.6 Å². The molecule has 0 aliphatic carbocycles. The average molecular weight is 169 g/mol. The monoisotopic (exact) mass is 169 g/mol. The Morgan fingerprint density at radius 1 is 1.33 bits per heavy atom. The number of aliphatic hydroxyl groups is 1. The van der Waals surface area contributed by atoms with Gasteiger partial charge >= 0.3 is 0 Å². The largest absolute Gasteiger partial charge is 0.475 e. The second kappa shape index (κ2) is 5.51. The summed E-state index contributed by atoms with van der Waals surface area (Å²) in [5, 5.41) is 8.27. The molecule has 0 spiro atoms. The summed E-state index contributed by atoms with van der Waals surface area (Å²) in [5.41, 5.74) is 0. The van der Waals surface area contributed by atoms with Crippen LogP contribution in [0.2, 0.25) is 0 Å². The number of ether oxygens (including phenoxy) is 2. The summed E-state index contributed by atoms with van der Waals surface area (Å²) in [4.78, 5) is 3.94. The van der Waals surface area contributed by atoms with E-state index in [1.807, 2.05) is 12.1 Å². The van der Waals surface area contributed by atoms with Crippen LogP contribution >= 0.6 is 0 Å². The van der Waals surface area contributed by atoms with Crippen LogP contribution in [0.25, 0.3) is 0 Å². The molecule has 0 bridgehead atoms. The van der Waals surface area contributed by atoms with E-state index in [4.69, 9.17) is 9.84 Å². The predicted octanol–water partition coefficient (Wildman–Crippen LogP) is 0.427. The molecule has 0 amide bonds. The Kier molecular flexibility index (Phi) is 4.12. The molecule has 0 aromatic carbocycles. The van der Waals surface area contributed by atoms with Gasteiger partial charge in [0.05, 0.1) is 6.61 Å². The topological polar surface area (TPSA) is 51.6 Å². The van der Waals surface area contributed by atoms with Crippen LogP contribution in [0.3, 0.4) is 0 Å². The molecule has 0 saturated carbocycles. The maximum Gasteiger partial charge on any atom is 0.213 e. The predicted molar refractivity (Wildman–Crippen MR) is 42.8 cm³/mol. The highest BCUT2D eigenvalue weighted by Crippen LogP contribution is 2.01. The summed E-state index contributed by atoms with van der Waals surface area (Å²) in [6, 6.07) is 5.42. The van der Waals surface area contributed by atoms with E-state index in [2.05, 4.69) is 9.72 Å². The molecule has 0 saturated heterocycles. The lowest BCUT2D eigenvalue weighted by atomic mass is 10.5. The first-order valence-electron chi connectivity index (χ1n) is 3.66. The van der Waals surface area contributed by atoms with Gasteiger partial charge in [0.2, 0.25) is 5.88 Å². The van der Waals surface area contributed by atoms with Gasteiger partial charge in [-0.2, -0.15) is 0 Å². The fourth-order valence-corrected chi connectivity index (χ4v) is 0.702. The van der Waals surface area contributed by atoms with Gasteiger partial charge in [0.1, 0.15) is 13.4 Å². The van der Waals surface area contributed by atoms with Gasteiger partial charge in [0, 0.05) is 12.3 Å². The maximum atomic E-state index is 8.27. The highest BCUT2D eigenvalue weighted by molar-refractivity contribution is 5.08. The Morgan fingerprint density at radius 2 is 2.25 bits per heavy atom. The van der Waals surface area contributed by atoms with Crippen molar-refractivity contribution in [1.29, 1.82) is 0 Å². The Labute approximate surface area is 70.8 Å².